The van der Waals surface area contributed by atoms with Gasteiger partial charge in [-0.15, -0.1) is 0 Å². The van der Waals surface area contributed by atoms with E-state index >= 15 is 0 Å². The average Bonchev–Trinajstić information content (AvgIpc) is 3.38. The topological polar surface area (TPSA) is 78.9 Å². The van der Waals surface area contributed by atoms with Crippen LogP contribution in [0.5, 0.6) is 0 Å². The molecule has 0 aliphatic rings. The van der Waals surface area contributed by atoms with Gasteiger partial charge in [-0.1, -0.05) is 268 Å². The van der Waals surface area contributed by atoms with Gasteiger partial charge in [0.05, 0.1) is 0 Å². The fraction of sp³-hybridized carbons (Fsp3) is 0.833. The van der Waals surface area contributed by atoms with E-state index in [1.54, 1.807) is 0 Å². The van der Waals surface area contributed by atoms with E-state index in [0.717, 1.165) is 89.9 Å². The molecule has 72 heavy (non-hydrogen) atoms. The number of hydrogen-bond donors (Lipinski definition) is 0. The molecule has 0 aliphatic heterocycles. The third kappa shape index (κ3) is 58.3. The molecule has 1 atom stereocenters. The van der Waals surface area contributed by atoms with Crippen molar-refractivity contribution in [2.75, 3.05) is 13.2 Å². The third-order valence-electron chi connectivity index (χ3n) is 14.0. The molecule has 0 aromatic carbocycles. The number of rotatable bonds is 58. The first-order chi connectivity index (χ1) is 35.5. The predicted octanol–water partition coefficient (Wildman–Crippen LogP) is 21.4. The maximum absolute atomic E-state index is 12.9. The monoisotopic (exact) mass is 1010 g/mol. The minimum absolute atomic E-state index is 0.0788. The van der Waals surface area contributed by atoms with Gasteiger partial charge in [0.2, 0.25) is 0 Å². The Hall–Kier alpha value is -2.63. The highest BCUT2D eigenvalue weighted by atomic mass is 16.6. The number of esters is 3. The first-order valence-corrected chi connectivity index (χ1v) is 31.6. The molecule has 420 valence electrons. The van der Waals surface area contributed by atoms with Crippen molar-refractivity contribution in [3.05, 3.63) is 48.6 Å². The molecule has 0 N–H and O–H groups in total. The minimum atomic E-state index is -0.782. The van der Waals surface area contributed by atoms with Gasteiger partial charge in [-0.3, -0.25) is 14.4 Å². The van der Waals surface area contributed by atoms with Gasteiger partial charge in [0, 0.05) is 19.3 Å². The molecule has 0 aromatic rings. The Kier molecular flexibility index (Phi) is 58.7. The van der Waals surface area contributed by atoms with E-state index in [2.05, 4.69) is 69.4 Å². The smallest absolute Gasteiger partial charge is 0.306 e. The predicted molar refractivity (Wildman–Crippen MR) is 312 cm³/mol. The molecule has 0 amide bonds. The fourth-order valence-electron chi connectivity index (χ4n) is 9.22. The Bertz CT molecular complexity index is 1250. The summed E-state index contributed by atoms with van der Waals surface area (Å²) >= 11 is 0. The second kappa shape index (κ2) is 60.9. The lowest BCUT2D eigenvalue weighted by Gasteiger charge is -2.18. The fourth-order valence-corrected chi connectivity index (χ4v) is 9.22. The van der Waals surface area contributed by atoms with Crippen LogP contribution in [0.2, 0.25) is 0 Å². The van der Waals surface area contributed by atoms with Crippen LogP contribution >= 0.6 is 0 Å². The highest BCUT2D eigenvalue weighted by Crippen LogP contribution is 2.17. The van der Waals surface area contributed by atoms with Crippen LogP contribution in [0.15, 0.2) is 48.6 Å². The normalized spacial score (nSPS) is 12.3. The summed E-state index contributed by atoms with van der Waals surface area (Å²) in [7, 11) is 0. The molecule has 0 bridgehead atoms. The summed E-state index contributed by atoms with van der Waals surface area (Å²) < 4.78 is 16.9. The molecule has 0 aromatic heterocycles. The van der Waals surface area contributed by atoms with Gasteiger partial charge in [-0.25, -0.2) is 0 Å². The summed E-state index contributed by atoms with van der Waals surface area (Å²) in [5.74, 6) is -0.885. The number of allylic oxidation sites excluding steroid dienone is 8. The Morgan fingerprint density at radius 1 is 0.278 bits per heavy atom. The quantitative estimate of drug-likeness (QED) is 0.0261. The van der Waals surface area contributed by atoms with Crippen LogP contribution < -0.4 is 0 Å². The SMILES string of the molecule is CCCC/C=C\C/C=C\CCCCCCCC(=O)OCC(COC(=O)CCCCCCCCCCCCCCC/C=C\CCCCCCCCCC)OC(=O)CCCCCCC/C=C\CCCCCCCC. The number of hydrogen-bond acceptors (Lipinski definition) is 6. The van der Waals surface area contributed by atoms with Crippen molar-refractivity contribution in [3.8, 4) is 0 Å². The van der Waals surface area contributed by atoms with E-state index < -0.39 is 6.10 Å². The maximum atomic E-state index is 12.9. The molecule has 0 aliphatic carbocycles. The Morgan fingerprint density at radius 3 is 0.819 bits per heavy atom. The molecule has 0 heterocycles. The molecule has 0 spiro atoms. The molecular weight excluding hydrogens is 889 g/mol. The van der Waals surface area contributed by atoms with Gasteiger partial charge < -0.3 is 14.2 Å². The van der Waals surface area contributed by atoms with Crippen LogP contribution in [0.3, 0.4) is 0 Å². The average molecular weight is 1010 g/mol. The van der Waals surface area contributed by atoms with E-state index in [0.29, 0.717) is 19.3 Å². The zero-order valence-electron chi connectivity index (χ0n) is 48.2. The summed E-state index contributed by atoms with van der Waals surface area (Å²) in [6.45, 7) is 6.62. The second-order valence-corrected chi connectivity index (χ2v) is 21.3. The van der Waals surface area contributed by atoms with Crippen molar-refractivity contribution < 1.29 is 28.6 Å². The molecular formula is C66H120O6. The maximum Gasteiger partial charge on any atom is 0.306 e. The summed E-state index contributed by atoms with van der Waals surface area (Å²) in [6.07, 6.45) is 75.5. The minimum Gasteiger partial charge on any atom is -0.462 e. The van der Waals surface area contributed by atoms with E-state index in [-0.39, 0.29) is 31.1 Å². The van der Waals surface area contributed by atoms with E-state index in [9.17, 15) is 14.4 Å². The Morgan fingerprint density at radius 2 is 0.514 bits per heavy atom. The number of carbonyl (C=O) groups is 3. The van der Waals surface area contributed by atoms with E-state index in [1.807, 2.05) is 0 Å². The lowest BCUT2D eigenvalue weighted by molar-refractivity contribution is -0.167. The zero-order valence-corrected chi connectivity index (χ0v) is 48.2. The lowest BCUT2D eigenvalue weighted by atomic mass is 10.0. The van der Waals surface area contributed by atoms with Crippen molar-refractivity contribution in [1.29, 1.82) is 0 Å². The van der Waals surface area contributed by atoms with Crippen LogP contribution in [0.4, 0.5) is 0 Å². The summed E-state index contributed by atoms with van der Waals surface area (Å²) in [5.41, 5.74) is 0. The van der Waals surface area contributed by atoms with Gasteiger partial charge in [0.25, 0.3) is 0 Å². The number of carbonyl (C=O) groups excluding carboxylic acids is 3. The van der Waals surface area contributed by atoms with Gasteiger partial charge in [-0.05, 0) is 96.3 Å². The van der Waals surface area contributed by atoms with Gasteiger partial charge >= 0.3 is 17.9 Å². The van der Waals surface area contributed by atoms with Gasteiger partial charge in [-0.2, -0.15) is 0 Å². The van der Waals surface area contributed by atoms with Crippen LogP contribution in [-0.4, -0.2) is 37.2 Å². The summed E-state index contributed by atoms with van der Waals surface area (Å²) in [4.78, 5) is 38.2. The van der Waals surface area contributed by atoms with E-state index in [4.69, 9.17) is 14.2 Å². The molecule has 0 fully saturated rings. The summed E-state index contributed by atoms with van der Waals surface area (Å²) in [5, 5.41) is 0. The van der Waals surface area contributed by atoms with Gasteiger partial charge in [0.15, 0.2) is 6.10 Å². The first-order valence-electron chi connectivity index (χ1n) is 31.6. The summed E-state index contributed by atoms with van der Waals surface area (Å²) in [6, 6.07) is 0. The van der Waals surface area contributed by atoms with Crippen molar-refractivity contribution in [1.82, 2.24) is 0 Å². The third-order valence-corrected chi connectivity index (χ3v) is 14.0. The first kappa shape index (κ1) is 69.4. The van der Waals surface area contributed by atoms with Crippen molar-refractivity contribution in [2.45, 2.75) is 341 Å². The highest BCUT2D eigenvalue weighted by molar-refractivity contribution is 5.71. The second-order valence-electron chi connectivity index (χ2n) is 21.3. The molecule has 0 radical (unpaired) electrons. The Labute approximate surface area is 448 Å². The van der Waals surface area contributed by atoms with Crippen molar-refractivity contribution in [3.63, 3.8) is 0 Å². The van der Waals surface area contributed by atoms with E-state index in [1.165, 1.54) is 205 Å². The van der Waals surface area contributed by atoms with Crippen LogP contribution in [0, 0.1) is 0 Å². The molecule has 1 unspecified atom stereocenters. The standard InChI is InChI=1S/C66H120O6/c1-4-7-10-13-16-19-22-25-28-29-30-31-32-33-34-35-36-37-39-41-44-47-50-53-56-59-65(68)71-62-63(61-70-64(67)58-55-52-49-46-43-40-27-24-21-18-15-12-9-6-3)72-66(69)60-57-54-51-48-45-42-38-26-23-20-17-14-11-8-5-2/h15,18,24,26-27,29-30,38,63H,4-14,16-17,19-23,25,28,31-37,39-62H2,1-3H3/b18-15-,27-24-,30-29-,38-26-. The molecule has 0 saturated carbocycles. The lowest BCUT2D eigenvalue weighted by Crippen LogP contribution is -2.30. The van der Waals surface area contributed by atoms with Crippen molar-refractivity contribution >= 4 is 17.9 Å². The van der Waals surface area contributed by atoms with Crippen molar-refractivity contribution in [2.24, 2.45) is 0 Å². The molecule has 0 saturated heterocycles. The number of ether oxygens (including phenoxy) is 3. The molecule has 6 heteroatoms. The largest absolute Gasteiger partial charge is 0.462 e. The van der Waals surface area contributed by atoms with Crippen LogP contribution in [-0.2, 0) is 28.6 Å². The zero-order chi connectivity index (χ0) is 52.2. The molecule has 0 rings (SSSR count). The van der Waals surface area contributed by atoms with Crippen LogP contribution in [0.25, 0.3) is 0 Å². The van der Waals surface area contributed by atoms with Gasteiger partial charge in [0.1, 0.15) is 13.2 Å². The highest BCUT2D eigenvalue weighted by Gasteiger charge is 2.19. The Balaban J connectivity index is 4.26. The number of unbranched alkanes of at least 4 members (excludes halogenated alkanes) is 39. The molecule has 6 nitrogen and oxygen atoms in total. The van der Waals surface area contributed by atoms with Crippen LogP contribution in [0.1, 0.15) is 335 Å².